The lowest BCUT2D eigenvalue weighted by atomic mass is 10.2. The molecule has 0 aliphatic rings. The van der Waals surface area contributed by atoms with E-state index in [0.29, 0.717) is 0 Å². The van der Waals surface area contributed by atoms with Gasteiger partial charge in [-0.1, -0.05) is 13.0 Å². The van der Waals surface area contributed by atoms with E-state index in [1.807, 2.05) is 48.0 Å². The van der Waals surface area contributed by atoms with E-state index in [0.717, 1.165) is 29.6 Å². The Morgan fingerprint density at radius 3 is 3.07 bits per heavy atom. The lowest BCUT2D eigenvalue weighted by Gasteiger charge is -1.89. The molecule has 3 nitrogen and oxygen atoms in total. The number of fused-ring (bicyclic) bond motifs is 1. The molecule has 0 radical (unpaired) electrons. The van der Waals surface area contributed by atoms with Crippen molar-refractivity contribution < 1.29 is 4.79 Å². The van der Waals surface area contributed by atoms with E-state index < -0.39 is 0 Å². The number of hydrogen-bond acceptors (Lipinski definition) is 2. The molecule has 0 atom stereocenters. The maximum absolute atomic E-state index is 10.7. The topological polar surface area (TPSA) is 34.4 Å². The van der Waals surface area contributed by atoms with Crippen molar-refractivity contribution in [3.63, 3.8) is 0 Å². The number of carbonyl (C=O) groups excluding carboxylic acids is 1. The molecule has 0 amide bonds. The molecule has 0 unspecified atom stereocenters. The van der Waals surface area contributed by atoms with Gasteiger partial charge in [0.2, 0.25) is 0 Å². The minimum absolute atomic E-state index is 0.734. The zero-order valence-corrected chi connectivity index (χ0v) is 8.55. The van der Waals surface area contributed by atoms with Crippen LogP contribution in [-0.4, -0.2) is 15.7 Å². The van der Waals surface area contributed by atoms with Crippen LogP contribution in [-0.2, 0) is 4.79 Å². The van der Waals surface area contributed by atoms with Gasteiger partial charge in [-0.3, -0.25) is 4.79 Å². The number of aromatic nitrogens is 2. The van der Waals surface area contributed by atoms with Crippen LogP contribution < -0.4 is 0 Å². The lowest BCUT2D eigenvalue weighted by Crippen LogP contribution is -1.81. The Morgan fingerprint density at radius 2 is 2.40 bits per heavy atom. The average Bonchev–Trinajstić information content (AvgIpc) is 2.68. The molecule has 0 saturated carbocycles. The highest BCUT2D eigenvalue weighted by atomic mass is 16.1. The van der Waals surface area contributed by atoms with E-state index >= 15 is 0 Å². The van der Waals surface area contributed by atoms with Crippen LogP contribution in [0.2, 0.25) is 0 Å². The fourth-order valence-corrected chi connectivity index (χ4v) is 1.43. The second-order valence-corrected chi connectivity index (χ2v) is 3.32. The van der Waals surface area contributed by atoms with Crippen LogP contribution in [0, 0.1) is 0 Å². The van der Waals surface area contributed by atoms with Crippen LogP contribution in [0.15, 0.2) is 36.2 Å². The van der Waals surface area contributed by atoms with E-state index in [1.165, 1.54) is 0 Å². The summed E-state index contributed by atoms with van der Waals surface area (Å²) in [6.07, 6.45) is 7.28. The second-order valence-electron chi connectivity index (χ2n) is 3.32. The molecule has 0 aliphatic heterocycles. The smallest absolute Gasteiger partial charge is 0.146 e. The summed E-state index contributed by atoms with van der Waals surface area (Å²) in [6, 6.07) is 5.82. The normalized spacial score (nSPS) is 11.9. The third-order valence-corrected chi connectivity index (χ3v) is 2.28. The lowest BCUT2D eigenvalue weighted by molar-refractivity contribution is -0.104. The number of aldehydes is 1. The van der Waals surface area contributed by atoms with Crippen LogP contribution in [0.25, 0.3) is 11.7 Å². The fraction of sp³-hybridized carbons (Fsp3) is 0.167. The molecule has 2 aromatic rings. The number of hydrogen-bond donors (Lipinski definition) is 0. The molecular weight excluding hydrogens is 188 g/mol. The Kier molecular flexibility index (Phi) is 2.63. The zero-order chi connectivity index (χ0) is 10.7. The number of imidazole rings is 1. The Morgan fingerprint density at radius 1 is 1.53 bits per heavy atom. The predicted molar refractivity (Wildman–Crippen MR) is 59.5 cm³/mol. The minimum atomic E-state index is 0.734. The third kappa shape index (κ3) is 1.96. The molecule has 2 heterocycles. The number of allylic oxidation sites excluding steroid dienone is 1. The van der Waals surface area contributed by atoms with Crippen LogP contribution in [0.3, 0.4) is 0 Å². The van der Waals surface area contributed by atoms with Crippen LogP contribution in [0.4, 0.5) is 0 Å². The van der Waals surface area contributed by atoms with Crippen molar-refractivity contribution in [1.82, 2.24) is 9.38 Å². The highest BCUT2D eigenvalue weighted by molar-refractivity contribution is 5.81. The van der Waals surface area contributed by atoms with Crippen molar-refractivity contribution in [2.45, 2.75) is 13.3 Å². The molecule has 15 heavy (non-hydrogen) atoms. The van der Waals surface area contributed by atoms with Crippen molar-refractivity contribution >= 4 is 18.0 Å². The van der Waals surface area contributed by atoms with Gasteiger partial charge < -0.3 is 4.40 Å². The zero-order valence-electron chi connectivity index (χ0n) is 8.55. The summed E-state index contributed by atoms with van der Waals surface area (Å²) in [5.74, 6) is 0. The van der Waals surface area contributed by atoms with Gasteiger partial charge in [0.15, 0.2) is 0 Å². The van der Waals surface area contributed by atoms with Gasteiger partial charge in [0.05, 0.1) is 5.69 Å². The summed E-state index contributed by atoms with van der Waals surface area (Å²) in [5.41, 5.74) is 2.48. The van der Waals surface area contributed by atoms with Gasteiger partial charge in [-0.05, 0) is 30.2 Å². The van der Waals surface area contributed by atoms with Crippen molar-refractivity contribution in [2.75, 3.05) is 0 Å². The Labute approximate surface area is 88.1 Å². The molecule has 0 saturated heterocycles. The number of carbonyl (C=O) groups is 1. The first-order valence-electron chi connectivity index (χ1n) is 4.93. The number of rotatable bonds is 3. The maximum Gasteiger partial charge on any atom is 0.146 e. The molecule has 76 valence electrons. The molecule has 0 N–H and O–H groups in total. The monoisotopic (exact) mass is 200 g/mol. The van der Waals surface area contributed by atoms with Crippen molar-refractivity contribution in [3.8, 4) is 0 Å². The quantitative estimate of drug-likeness (QED) is 0.563. The summed E-state index contributed by atoms with van der Waals surface area (Å²) in [7, 11) is 0. The summed E-state index contributed by atoms with van der Waals surface area (Å²) >= 11 is 0. The van der Waals surface area contributed by atoms with Gasteiger partial charge >= 0.3 is 0 Å². The molecule has 0 aromatic carbocycles. The van der Waals surface area contributed by atoms with E-state index in [2.05, 4.69) is 4.98 Å². The van der Waals surface area contributed by atoms with Crippen LogP contribution in [0.5, 0.6) is 0 Å². The molecule has 2 rings (SSSR count). The standard InChI is InChI=1S/C12H12N2O/c1-2-10(9-15)7-11-8-14-6-4-3-5-12(14)13-11/h3-9H,2H2,1H3/b10-7-. The van der Waals surface area contributed by atoms with Gasteiger partial charge in [0.25, 0.3) is 0 Å². The first-order chi connectivity index (χ1) is 7.33. The SMILES string of the molecule is CC/C(C=O)=C/c1cn2ccccc2n1. The average molecular weight is 200 g/mol. The fourth-order valence-electron chi connectivity index (χ4n) is 1.43. The maximum atomic E-state index is 10.7. The largest absolute Gasteiger partial charge is 0.306 e. The van der Waals surface area contributed by atoms with E-state index in [9.17, 15) is 4.79 Å². The highest BCUT2D eigenvalue weighted by Gasteiger charge is 1.99. The molecule has 3 heteroatoms. The second kappa shape index (κ2) is 4.09. The number of nitrogens with zero attached hydrogens (tertiary/aromatic N) is 2. The van der Waals surface area contributed by atoms with Gasteiger partial charge in [-0.15, -0.1) is 0 Å². The first kappa shape index (κ1) is 9.65. The summed E-state index contributed by atoms with van der Waals surface area (Å²) < 4.78 is 1.93. The predicted octanol–water partition coefficient (Wildman–Crippen LogP) is 2.33. The van der Waals surface area contributed by atoms with Crippen molar-refractivity contribution in [3.05, 3.63) is 41.9 Å². The Balaban J connectivity index is 2.45. The van der Waals surface area contributed by atoms with Gasteiger partial charge in [0.1, 0.15) is 11.9 Å². The molecule has 0 bridgehead atoms. The molecular formula is C12H12N2O. The van der Waals surface area contributed by atoms with Gasteiger partial charge in [0, 0.05) is 12.4 Å². The minimum Gasteiger partial charge on any atom is -0.306 e. The van der Waals surface area contributed by atoms with Crippen molar-refractivity contribution in [1.29, 1.82) is 0 Å². The molecule has 2 aromatic heterocycles. The molecule has 0 fully saturated rings. The summed E-state index contributed by atoms with van der Waals surface area (Å²) in [6.45, 7) is 1.95. The van der Waals surface area contributed by atoms with E-state index in [-0.39, 0.29) is 0 Å². The summed E-state index contributed by atoms with van der Waals surface area (Å²) in [5, 5.41) is 0. The van der Waals surface area contributed by atoms with Crippen LogP contribution >= 0.6 is 0 Å². The molecule has 0 aliphatic carbocycles. The van der Waals surface area contributed by atoms with E-state index in [4.69, 9.17) is 0 Å². The van der Waals surface area contributed by atoms with Gasteiger partial charge in [-0.25, -0.2) is 4.98 Å². The Bertz CT molecular complexity index is 478. The van der Waals surface area contributed by atoms with Crippen LogP contribution in [0.1, 0.15) is 19.0 Å². The van der Waals surface area contributed by atoms with Gasteiger partial charge in [-0.2, -0.15) is 0 Å². The third-order valence-electron chi connectivity index (χ3n) is 2.28. The molecule has 0 spiro atoms. The van der Waals surface area contributed by atoms with Crippen molar-refractivity contribution in [2.24, 2.45) is 0 Å². The first-order valence-corrected chi connectivity index (χ1v) is 4.93. The Hall–Kier alpha value is -1.90. The highest BCUT2D eigenvalue weighted by Crippen LogP contribution is 2.09. The number of pyridine rings is 1. The summed E-state index contributed by atoms with van der Waals surface area (Å²) in [4.78, 5) is 15.0. The van der Waals surface area contributed by atoms with E-state index in [1.54, 1.807) is 0 Å².